The Kier molecular flexibility index (Phi) is 8.02. The summed E-state index contributed by atoms with van der Waals surface area (Å²) in [6.07, 6.45) is 4.47. The summed E-state index contributed by atoms with van der Waals surface area (Å²) < 4.78 is 1.38. The monoisotopic (exact) mass is 692 g/mol. The number of fused-ring (bicyclic) bond motifs is 4. The van der Waals surface area contributed by atoms with E-state index < -0.39 is 27.4 Å². The van der Waals surface area contributed by atoms with E-state index in [0.29, 0.717) is 5.92 Å². The molecule has 0 saturated carbocycles. The fraction of sp³-hybridized carbons (Fsp3) is 0.179. The van der Waals surface area contributed by atoms with Crippen LogP contribution in [-0.4, -0.2) is 9.52 Å². The number of halogens is 2. The van der Waals surface area contributed by atoms with Crippen molar-refractivity contribution in [3.05, 3.63) is 131 Å². The summed E-state index contributed by atoms with van der Waals surface area (Å²) in [6, 6.07) is 40.1. The second kappa shape index (κ2) is 11.8. The molecule has 43 heavy (non-hydrogen) atoms. The Bertz CT molecular complexity index is 1870. The van der Waals surface area contributed by atoms with Gasteiger partial charge in [0.05, 0.1) is 0 Å². The first-order valence-electron chi connectivity index (χ1n) is 15.5. The molecule has 1 atom stereocenters. The molecule has 7 rings (SSSR count). The number of rotatable bonds is 7. The van der Waals surface area contributed by atoms with Gasteiger partial charge in [0.2, 0.25) is 0 Å². The average Bonchev–Trinajstić information content (AvgIpc) is 3.59. The zero-order chi connectivity index (χ0) is 29.7. The molecule has 2 aliphatic rings. The van der Waals surface area contributed by atoms with Crippen molar-refractivity contribution in [1.82, 2.24) is 0 Å². The van der Waals surface area contributed by atoms with Gasteiger partial charge >= 0.3 is 272 Å². The molecule has 5 aromatic carbocycles. The summed E-state index contributed by atoms with van der Waals surface area (Å²) in [5.74, 6) is 0.513. The Balaban J connectivity index is 1.46. The molecular formula is C39H36Cl2SiZr. The Morgan fingerprint density at radius 3 is 2.19 bits per heavy atom. The van der Waals surface area contributed by atoms with Crippen molar-refractivity contribution < 1.29 is 17.9 Å². The van der Waals surface area contributed by atoms with Crippen molar-refractivity contribution in [3.63, 3.8) is 0 Å². The Labute approximate surface area is 270 Å². The van der Waals surface area contributed by atoms with Crippen LogP contribution in [0.3, 0.4) is 0 Å². The molecule has 4 heteroatoms. The van der Waals surface area contributed by atoms with Crippen LogP contribution in [0.25, 0.3) is 39.5 Å². The van der Waals surface area contributed by atoms with Crippen LogP contribution in [0.4, 0.5) is 0 Å². The first-order valence-corrected chi connectivity index (χ1v) is 25.9. The fourth-order valence-electron chi connectivity index (χ4n) is 7.43. The molecule has 0 spiro atoms. The number of allylic oxidation sites excluding steroid dienone is 1. The van der Waals surface area contributed by atoms with E-state index in [2.05, 4.69) is 136 Å². The summed E-state index contributed by atoms with van der Waals surface area (Å²) in [4.78, 5) is 0. The minimum atomic E-state index is -4.06. The van der Waals surface area contributed by atoms with Gasteiger partial charge in [-0.2, -0.15) is 0 Å². The van der Waals surface area contributed by atoms with E-state index in [9.17, 15) is 0 Å². The third kappa shape index (κ3) is 5.09. The zero-order valence-corrected chi connectivity index (χ0v) is 30.4. The first-order chi connectivity index (χ1) is 20.9. The molecule has 5 aromatic rings. The van der Waals surface area contributed by atoms with Crippen LogP contribution in [-0.2, 0) is 24.3 Å². The molecule has 0 amide bonds. The first kappa shape index (κ1) is 29.2. The SMILES string of the molecule is CCc1ccccc1-c1c(-c2ccccc2)ccc2c1C=C(CC(C)C)[CH]2[Zr]([Cl])([Cl])[c]1cccc2c1[SiH2]c1ccccc1-2. The van der Waals surface area contributed by atoms with Crippen LogP contribution in [0.15, 0.2) is 115 Å². The van der Waals surface area contributed by atoms with Crippen LogP contribution in [0.5, 0.6) is 0 Å². The molecule has 1 heterocycles. The Morgan fingerprint density at radius 1 is 0.721 bits per heavy atom. The van der Waals surface area contributed by atoms with Crippen LogP contribution < -0.4 is 13.6 Å². The molecular weight excluding hydrogens is 659 g/mol. The van der Waals surface area contributed by atoms with Crippen molar-refractivity contribution in [2.24, 2.45) is 5.92 Å². The predicted octanol–water partition coefficient (Wildman–Crippen LogP) is 8.95. The van der Waals surface area contributed by atoms with E-state index >= 15 is 0 Å². The standard InChI is InChI=1S/C27H27.C12H9Si.2ClH.Zr/c1-4-21-10-8-9-13-24(21)27-25(22-11-6-5-7-12-22)15-14-23-17-20(16-19(2)3)18-26(23)27;1-3-7-11-9(5-1)10-6-2-4-8-12(10)13-11;;;/h5-15,17-19H,4,16H2,1-3H3;1-7H,13H2;2*1H;/q;;;;+2/p-2. The third-order valence-corrected chi connectivity index (χ3v) is 23.6. The second-order valence-corrected chi connectivity index (χ2v) is 28.2. The van der Waals surface area contributed by atoms with E-state index in [1.165, 1.54) is 69.3 Å². The van der Waals surface area contributed by atoms with Gasteiger partial charge in [0, 0.05) is 0 Å². The Hall–Kier alpha value is -2.48. The van der Waals surface area contributed by atoms with Crippen LogP contribution in [0, 0.1) is 5.92 Å². The van der Waals surface area contributed by atoms with Gasteiger partial charge in [-0.3, -0.25) is 0 Å². The van der Waals surface area contributed by atoms with Crippen molar-refractivity contribution >= 4 is 46.3 Å². The van der Waals surface area contributed by atoms with Crippen molar-refractivity contribution in [2.45, 2.75) is 37.2 Å². The van der Waals surface area contributed by atoms with Gasteiger partial charge in [0.25, 0.3) is 0 Å². The molecule has 0 radical (unpaired) electrons. The third-order valence-electron chi connectivity index (χ3n) is 9.26. The number of aryl methyl sites for hydroxylation is 1. The quantitative estimate of drug-likeness (QED) is 0.147. The summed E-state index contributed by atoms with van der Waals surface area (Å²) in [5.41, 5.74) is 13.3. The van der Waals surface area contributed by atoms with E-state index in [4.69, 9.17) is 17.0 Å². The van der Waals surface area contributed by atoms with E-state index in [-0.39, 0.29) is 3.63 Å². The fourth-order valence-corrected chi connectivity index (χ4v) is 24.2. The van der Waals surface area contributed by atoms with E-state index in [0.717, 1.165) is 12.8 Å². The van der Waals surface area contributed by atoms with E-state index in [1.54, 1.807) is 0 Å². The molecule has 0 fully saturated rings. The van der Waals surface area contributed by atoms with Crippen LogP contribution >= 0.6 is 17.0 Å². The summed E-state index contributed by atoms with van der Waals surface area (Å²) in [6.45, 7) is 6.88. The number of hydrogen-bond acceptors (Lipinski definition) is 0. The van der Waals surface area contributed by atoms with Gasteiger partial charge in [-0.25, -0.2) is 0 Å². The molecule has 0 nitrogen and oxygen atoms in total. The summed E-state index contributed by atoms with van der Waals surface area (Å²) in [7, 11) is 15.3. The summed E-state index contributed by atoms with van der Waals surface area (Å²) >= 11 is -4.06. The molecule has 1 unspecified atom stereocenters. The maximum atomic E-state index is 7.97. The van der Waals surface area contributed by atoms with Gasteiger partial charge in [0.1, 0.15) is 0 Å². The number of benzene rings is 5. The van der Waals surface area contributed by atoms with Crippen molar-refractivity contribution in [1.29, 1.82) is 0 Å². The maximum absolute atomic E-state index is 7.97. The predicted molar refractivity (Wildman–Crippen MR) is 188 cm³/mol. The Morgan fingerprint density at radius 2 is 1.42 bits per heavy atom. The summed E-state index contributed by atoms with van der Waals surface area (Å²) in [5, 5.41) is 3.00. The molecule has 1 aliphatic carbocycles. The topological polar surface area (TPSA) is 0 Å². The molecule has 0 aromatic heterocycles. The molecule has 0 N–H and O–H groups in total. The van der Waals surface area contributed by atoms with Crippen molar-refractivity contribution in [3.8, 4) is 33.4 Å². The molecule has 0 bridgehead atoms. The number of hydrogen-bond donors (Lipinski definition) is 0. The van der Waals surface area contributed by atoms with Gasteiger partial charge in [-0.1, -0.05) is 0 Å². The van der Waals surface area contributed by atoms with Crippen LogP contribution in [0.2, 0.25) is 0 Å². The van der Waals surface area contributed by atoms with Gasteiger partial charge in [-0.05, 0) is 0 Å². The van der Waals surface area contributed by atoms with Gasteiger partial charge in [0.15, 0.2) is 0 Å². The second-order valence-electron chi connectivity index (χ2n) is 12.4. The van der Waals surface area contributed by atoms with Crippen molar-refractivity contribution in [2.75, 3.05) is 0 Å². The average molecular weight is 695 g/mol. The molecule has 0 saturated heterocycles. The molecule has 1 aliphatic heterocycles. The van der Waals surface area contributed by atoms with Crippen LogP contribution in [0.1, 0.15) is 47.5 Å². The zero-order valence-electron chi connectivity index (χ0n) is 25.0. The van der Waals surface area contributed by atoms with Gasteiger partial charge < -0.3 is 0 Å². The van der Waals surface area contributed by atoms with Gasteiger partial charge in [-0.15, -0.1) is 0 Å². The van der Waals surface area contributed by atoms with E-state index in [1.807, 2.05) is 0 Å². The molecule has 214 valence electrons. The normalized spacial score (nSPS) is 15.9. The minimum absolute atomic E-state index is 0.0802.